The van der Waals surface area contributed by atoms with E-state index in [0.29, 0.717) is 13.2 Å². The highest BCUT2D eigenvalue weighted by Crippen LogP contribution is 2.35. The van der Waals surface area contributed by atoms with Gasteiger partial charge in [-0.2, -0.15) is 0 Å². The highest BCUT2D eigenvalue weighted by Gasteiger charge is 2.41. The van der Waals surface area contributed by atoms with E-state index in [4.69, 9.17) is 15.2 Å². The number of nitrogen functional groups attached to an aromatic ring is 1. The first-order valence-corrected chi connectivity index (χ1v) is 7.06. The van der Waals surface area contributed by atoms with Crippen molar-refractivity contribution in [1.29, 1.82) is 0 Å². The van der Waals surface area contributed by atoms with Crippen LogP contribution < -0.4 is 10.6 Å². The minimum Gasteiger partial charge on any atom is -0.397 e. The third kappa shape index (κ3) is 2.22. The molecule has 1 aromatic rings. The van der Waals surface area contributed by atoms with Gasteiger partial charge in [-0.25, -0.2) is 0 Å². The van der Waals surface area contributed by atoms with E-state index in [0.717, 1.165) is 41.8 Å². The smallest absolute Gasteiger partial charge is 0.186 e. The summed E-state index contributed by atoms with van der Waals surface area (Å²) in [6, 6.07) is 6.00. The predicted molar refractivity (Wildman–Crippen MR) is 74.6 cm³/mol. The maximum absolute atomic E-state index is 6.09. The number of hydrogen-bond donors (Lipinski definition) is 1. The van der Waals surface area contributed by atoms with Gasteiger partial charge in [-0.15, -0.1) is 0 Å². The van der Waals surface area contributed by atoms with Crippen molar-refractivity contribution in [2.75, 3.05) is 36.9 Å². The van der Waals surface area contributed by atoms with Crippen molar-refractivity contribution in [2.24, 2.45) is 0 Å². The predicted octanol–water partition coefficient (Wildman–Crippen LogP) is 2.37. The molecule has 5 heteroatoms. The normalized spacial score (nSPS) is 22.6. The summed E-state index contributed by atoms with van der Waals surface area (Å²) in [6.07, 6.45) is 2.04. The fourth-order valence-corrected chi connectivity index (χ4v) is 3.12. The lowest BCUT2D eigenvalue weighted by Crippen LogP contribution is -2.49. The molecule has 3 rings (SSSR count). The number of nitrogens with two attached hydrogens (primary N) is 1. The van der Waals surface area contributed by atoms with Crippen LogP contribution in [0.3, 0.4) is 0 Å². The van der Waals surface area contributed by atoms with E-state index in [1.54, 1.807) is 0 Å². The summed E-state index contributed by atoms with van der Waals surface area (Å²) in [7, 11) is 0. The van der Waals surface area contributed by atoms with Gasteiger partial charge < -0.3 is 20.1 Å². The van der Waals surface area contributed by atoms with Crippen molar-refractivity contribution >= 4 is 27.3 Å². The summed E-state index contributed by atoms with van der Waals surface area (Å²) in [6.45, 7) is 3.16. The van der Waals surface area contributed by atoms with Crippen LogP contribution in [0, 0.1) is 0 Å². The largest absolute Gasteiger partial charge is 0.397 e. The molecule has 0 unspecified atom stereocenters. The summed E-state index contributed by atoms with van der Waals surface area (Å²) in [5.41, 5.74) is 7.94. The fourth-order valence-electron chi connectivity index (χ4n) is 2.74. The molecule has 0 atom stereocenters. The van der Waals surface area contributed by atoms with E-state index in [1.807, 2.05) is 18.2 Å². The Bertz CT molecular complexity index is 447. The van der Waals surface area contributed by atoms with E-state index in [2.05, 4.69) is 20.8 Å². The molecule has 0 saturated carbocycles. The molecule has 2 fully saturated rings. The molecule has 1 spiro atoms. The van der Waals surface area contributed by atoms with Gasteiger partial charge in [0.2, 0.25) is 0 Å². The lowest BCUT2D eigenvalue weighted by atomic mass is 10.0. The first kappa shape index (κ1) is 12.3. The molecule has 0 aliphatic carbocycles. The molecule has 2 aliphatic heterocycles. The number of benzene rings is 1. The molecular weight excluding hydrogens is 296 g/mol. The zero-order valence-corrected chi connectivity index (χ0v) is 11.8. The van der Waals surface area contributed by atoms with Gasteiger partial charge >= 0.3 is 0 Å². The van der Waals surface area contributed by atoms with Crippen molar-refractivity contribution in [1.82, 2.24) is 0 Å². The van der Waals surface area contributed by atoms with Crippen LogP contribution in [-0.2, 0) is 9.47 Å². The summed E-state index contributed by atoms with van der Waals surface area (Å²) >= 11 is 3.43. The van der Waals surface area contributed by atoms with Gasteiger partial charge in [-0.05, 0) is 24.6 Å². The van der Waals surface area contributed by atoms with Crippen LogP contribution in [0.2, 0.25) is 0 Å². The van der Waals surface area contributed by atoms with Crippen molar-refractivity contribution in [3.63, 3.8) is 0 Å². The summed E-state index contributed by atoms with van der Waals surface area (Å²) in [4.78, 5) is 2.26. The average Bonchev–Trinajstić information content (AvgIpc) is 2.77. The maximum Gasteiger partial charge on any atom is 0.186 e. The van der Waals surface area contributed by atoms with Crippen LogP contribution in [0.4, 0.5) is 11.4 Å². The van der Waals surface area contributed by atoms with Crippen LogP contribution in [0.5, 0.6) is 0 Å². The zero-order valence-electron chi connectivity index (χ0n) is 10.2. The third-order valence-corrected chi connectivity index (χ3v) is 4.05. The second kappa shape index (κ2) is 4.72. The Morgan fingerprint density at radius 2 is 2.06 bits per heavy atom. The van der Waals surface area contributed by atoms with Gasteiger partial charge in [0.25, 0.3) is 0 Å². The minimum atomic E-state index is -0.405. The molecule has 0 radical (unpaired) electrons. The summed E-state index contributed by atoms with van der Waals surface area (Å²) < 4.78 is 12.6. The minimum absolute atomic E-state index is 0.405. The van der Waals surface area contributed by atoms with Gasteiger partial charge in [0.1, 0.15) is 0 Å². The van der Waals surface area contributed by atoms with Gasteiger partial charge in [-0.1, -0.05) is 15.9 Å². The summed E-state index contributed by atoms with van der Waals surface area (Å²) in [5.74, 6) is -0.405. The van der Waals surface area contributed by atoms with Crippen molar-refractivity contribution in [3.8, 4) is 0 Å². The Morgan fingerprint density at radius 1 is 1.28 bits per heavy atom. The van der Waals surface area contributed by atoms with Crippen LogP contribution in [-0.4, -0.2) is 32.1 Å². The molecule has 0 amide bonds. The number of halogens is 1. The molecule has 0 aromatic heterocycles. The summed E-state index contributed by atoms with van der Waals surface area (Å²) in [5, 5.41) is 0. The van der Waals surface area contributed by atoms with E-state index in [1.165, 1.54) is 0 Å². The average molecular weight is 313 g/mol. The molecule has 4 nitrogen and oxygen atoms in total. The Kier molecular flexibility index (Phi) is 3.21. The Morgan fingerprint density at radius 3 is 2.78 bits per heavy atom. The fraction of sp³-hybridized carbons (Fsp3) is 0.538. The number of ether oxygens (including phenoxy) is 2. The number of rotatable bonds is 1. The second-order valence-corrected chi connectivity index (χ2v) is 5.75. The molecule has 2 saturated heterocycles. The number of nitrogens with zero attached hydrogens (tertiary/aromatic N) is 1. The van der Waals surface area contributed by atoms with Gasteiger partial charge in [0.05, 0.1) is 31.1 Å². The zero-order chi connectivity index (χ0) is 12.6. The van der Waals surface area contributed by atoms with Gasteiger partial charge in [0.15, 0.2) is 5.79 Å². The van der Waals surface area contributed by atoms with Gasteiger partial charge in [0, 0.05) is 17.4 Å². The van der Waals surface area contributed by atoms with Crippen molar-refractivity contribution < 1.29 is 9.47 Å². The maximum atomic E-state index is 6.09. The SMILES string of the molecule is Nc1cc(Br)ccc1N1CCCC2(C1)OCCO2. The Balaban J connectivity index is 1.83. The number of anilines is 2. The highest BCUT2D eigenvalue weighted by atomic mass is 79.9. The molecule has 0 bridgehead atoms. The monoisotopic (exact) mass is 312 g/mol. The van der Waals surface area contributed by atoms with E-state index < -0.39 is 5.79 Å². The van der Waals surface area contributed by atoms with Gasteiger partial charge in [-0.3, -0.25) is 0 Å². The number of piperidine rings is 1. The van der Waals surface area contributed by atoms with Crippen LogP contribution in [0.15, 0.2) is 22.7 Å². The molecular formula is C13H17BrN2O2. The van der Waals surface area contributed by atoms with Crippen LogP contribution in [0.1, 0.15) is 12.8 Å². The van der Waals surface area contributed by atoms with Crippen LogP contribution >= 0.6 is 15.9 Å². The molecule has 2 N–H and O–H groups in total. The standard InChI is InChI=1S/C13H17BrN2O2/c14-10-2-3-12(11(15)8-10)16-5-1-4-13(9-16)17-6-7-18-13/h2-3,8H,1,4-7,9,15H2. The van der Waals surface area contributed by atoms with Crippen molar-refractivity contribution in [2.45, 2.75) is 18.6 Å². The van der Waals surface area contributed by atoms with E-state index >= 15 is 0 Å². The Labute approximate surface area is 115 Å². The lowest BCUT2D eigenvalue weighted by Gasteiger charge is -2.40. The molecule has 18 heavy (non-hydrogen) atoms. The number of hydrogen-bond acceptors (Lipinski definition) is 4. The molecule has 1 aromatic carbocycles. The third-order valence-electron chi connectivity index (χ3n) is 3.56. The highest BCUT2D eigenvalue weighted by molar-refractivity contribution is 9.10. The van der Waals surface area contributed by atoms with E-state index in [-0.39, 0.29) is 0 Å². The molecule has 98 valence electrons. The van der Waals surface area contributed by atoms with E-state index in [9.17, 15) is 0 Å². The molecule has 2 heterocycles. The quantitative estimate of drug-likeness (QED) is 0.809. The first-order valence-electron chi connectivity index (χ1n) is 6.26. The first-order chi connectivity index (χ1) is 8.69. The lowest BCUT2D eigenvalue weighted by molar-refractivity contribution is -0.161. The topological polar surface area (TPSA) is 47.7 Å². The second-order valence-electron chi connectivity index (χ2n) is 4.84. The molecule has 2 aliphatic rings. The van der Waals surface area contributed by atoms with Crippen molar-refractivity contribution in [3.05, 3.63) is 22.7 Å². The van der Waals surface area contributed by atoms with Crippen LogP contribution in [0.25, 0.3) is 0 Å². The Hall–Kier alpha value is -0.780.